The van der Waals surface area contributed by atoms with Crippen molar-refractivity contribution in [2.45, 2.75) is 51.6 Å². The molecule has 0 bridgehead atoms. The number of methoxy groups -OCH3 is 1. The van der Waals surface area contributed by atoms with E-state index in [1.807, 2.05) is 35.6 Å². The number of hydrogen-bond acceptors (Lipinski definition) is 6. The summed E-state index contributed by atoms with van der Waals surface area (Å²) in [6, 6.07) is 9.68. The second-order valence-corrected chi connectivity index (χ2v) is 10.7. The largest absolute Gasteiger partial charge is 0.497 e. The molecule has 3 atom stereocenters. The minimum absolute atomic E-state index is 0.0785. The number of aryl methyl sites for hydroxylation is 2. The van der Waals surface area contributed by atoms with Crippen molar-refractivity contribution < 1.29 is 19.7 Å². The first kappa shape index (κ1) is 25.6. The predicted octanol–water partition coefficient (Wildman–Crippen LogP) is 5.47. The van der Waals surface area contributed by atoms with Gasteiger partial charge in [0.25, 0.3) is 0 Å². The molecule has 7 heteroatoms. The fourth-order valence-electron chi connectivity index (χ4n) is 5.27. The van der Waals surface area contributed by atoms with Crippen LogP contribution in [0.3, 0.4) is 0 Å². The smallest absolute Gasteiger partial charge is 0.308 e. The first-order valence-corrected chi connectivity index (χ1v) is 13.4. The highest BCUT2D eigenvalue weighted by molar-refractivity contribution is 7.10. The number of fused-ring (bicyclic) bond motifs is 1. The van der Waals surface area contributed by atoms with E-state index in [4.69, 9.17) is 4.74 Å². The van der Waals surface area contributed by atoms with Gasteiger partial charge in [-0.2, -0.15) is 0 Å². The van der Waals surface area contributed by atoms with Gasteiger partial charge in [0.05, 0.1) is 24.6 Å². The number of hydrogen-bond donors (Lipinski definition) is 2. The molecule has 1 saturated heterocycles. The first-order valence-electron chi connectivity index (χ1n) is 12.5. The van der Waals surface area contributed by atoms with E-state index in [-0.39, 0.29) is 11.8 Å². The van der Waals surface area contributed by atoms with Crippen LogP contribution in [0.2, 0.25) is 0 Å². The molecule has 188 valence electrons. The molecule has 1 aliphatic heterocycles. The van der Waals surface area contributed by atoms with E-state index in [0.29, 0.717) is 19.4 Å². The minimum atomic E-state index is -0.720. The van der Waals surface area contributed by atoms with Gasteiger partial charge in [-0.05, 0) is 111 Å². The van der Waals surface area contributed by atoms with Crippen molar-refractivity contribution >= 4 is 28.2 Å². The monoisotopic (exact) mass is 496 g/mol. The molecule has 4 rings (SSSR count). The van der Waals surface area contributed by atoms with Crippen molar-refractivity contribution in [3.05, 3.63) is 57.9 Å². The van der Waals surface area contributed by atoms with Crippen molar-refractivity contribution in [2.24, 2.45) is 11.8 Å². The van der Waals surface area contributed by atoms with Gasteiger partial charge < -0.3 is 19.8 Å². The molecule has 6 nitrogen and oxygen atoms in total. The number of thiophene rings is 1. The third-order valence-corrected chi connectivity index (χ3v) is 8.49. The third-order valence-electron chi connectivity index (χ3n) is 7.41. The molecule has 1 aromatic carbocycles. The number of piperidine rings is 1. The molecule has 1 unspecified atom stereocenters. The Kier molecular flexibility index (Phi) is 8.76. The summed E-state index contributed by atoms with van der Waals surface area (Å²) < 4.78 is 5.34. The summed E-state index contributed by atoms with van der Waals surface area (Å²) in [6.45, 7) is 4.65. The first-order chi connectivity index (χ1) is 17.0. The zero-order chi connectivity index (χ0) is 24.8. The lowest BCUT2D eigenvalue weighted by molar-refractivity contribution is -0.146. The molecule has 2 N–H and O–H groups in total. The number of likely N-dealkylation sites (tertiary alicyclic amines) is 1. The lowest BCUT2D eigenvalue weighted by Crippen LogP contribution is -2.44. The topological polar surface area (TPSA) is 82.9 Å². The van der Waals surface area contributed by atoms with Gasteiger partial charge >= 0.3 is 5.97 Å². The van der Waals surface area contributed by atoms with Gasteiger partial charge in [0, 0.05) is 23.0 Å². The maximum absolute atomic E-state index is 12.1. The van der Waals surface area contributed by atoms with Crippen LogP contribution in [0.15, 0.2) is 41.9 Å². The van der Waals surface area contributed by atoms with Crippen molar-refractivity contribution in [2.75, 3.05) is 26.7 Å². The molecular formula is C28H36N2O4S. The molecule has 35 heavy (non-hydrogen) atoms. The molecule has 0 aliphatic carbocycles. The summed E-state index contributed by atoms with van der Waals surface area (Å²) in [5.74, 6) is -0.301. The third kappa shape index (κ3) is 6.40. The van der Waals surface area contributed by atoms with Crippen LogP contribution >= 0.6 is 11.3 Å². The highest BCUT2D eigenvalue weighted by atomic mass is 32.1. The number of benzene rings is 1. The quantitative estimate of drug-likeness (QED) is 0.343. The number of pyridine rings is 1. The summed E-state index contributed by atoms with van der Waals surface area (Å²) in [4.78, 5) is 20.3. The SMILES string of the molecule is COc1ccc2nccc(C(O)CC[C@@H]3CCN(CCCCc4sccc4C)C[C@@H]3C(=O)O)c2c1. The fraction of sp³-hybridized carbons (Fsp3) is 0.500. The number of rotatable bonds is 11. The molecule has 0 amide bonds. The van der Waals surface area contributed by atoms with Crippen molar-refractivity contribution in [3.8, 4) is 5.75 Å². The number of unbranched alkanes of at least 4 members (excludes halogenated alkanes) is 1. The number of aliphatic hydroxyl groups excluding tert-OH is 1. The van der Waals surface area contributed by atoms with E-state index in [1.165, 1.54) is 10.4 Å². The van der Waals surface area contributed by atoms with E-state index < -0.39 is 12.1 Å². The Morgan fingerprint density at radius 1 is 1.29 bits per heavy atom. The number of carbonyl (C=O) groups is 1. The second-order valence-electron chi connectivity index (χ2n) is 9.65. The van der Waals surface area contributed by atoms with E-state index in [0.717, 1.165) is 61.0 Å². The number of nitrogens with zero attached hydrogens (tertiary/aromatic N) is 2. The predicted molar refractivity (Wildman–Crippen MR) is 140 cm³/mol. The molecule has 2 aromatic heterocycles. The minimum Gasteiger partial charge on any atom is -0.497 e. The Bertz CT molecular complexity index is 1130. The summed E-state index contributed by atoms with van der Waals surface area (Å²) in [5.41, 5.74) is 3.01. The van der Waals surface area contributed by atoms with Crippen molar-refractivity contribution in [1.29, 1.82) is 0 Å². The standard InChI is InChI=1S/C28H36N2O4S/c1-19-12-16-35-27(19)5-3-4-14-30-15-11-20(24(18-30)28(32)33)6-9-26(31)22-10-13-29-25-8-7-21(34-2)17-23(22)25/h7-8,10,12-13,16-17,20,24,26,31H,3-6,9,11,14-15,18H2,1-2H3,(H,32,33)/t20-,24+,26?/m1/s1. The molecule has 0 radical (unpaired) electrons. The number of aromatic nitrogens is 1. The maximum atomic E-state index is 12.1. The molecule has 1 fully saturated rings. The molecule has 1 aliphatic rings. The van der Waals surface area contributed by atoms with Crippen molar-refractivity contribution in [1.82, 2.24) is 9.88 Å². The van der Waals surface area contributed by atoms with Crippen molar-refractivity contribution in [3.63, 3.8) is 0 Å². The number of aliphatic hydroxyl groups is 1. The van der Waals surface area contributed by atoms with Crippen LogP contribution in [0.25, 0.3) is 10.9 Å². The van der Waals surface area contributed by atoms with Crippen LogP contribution in [0, 0.1) is 18.8 Å². The summed E-state index contributed by atoms with van der Waals surface area (Å²) in [6.07, 6.45) is 6.46. The Balaban J connectivity index is 1.30. The normalized spacial score (nSPS) is 19.6. The average molecular weight is 497 g/mol. The zero-order valence-electron chi connectivity index (χ0n) is 20.7. The molecular weight excluding hydrogens is 460 g/mol. The van der Waals surface area contributed by atoms with Gasteiger partial charge in [0.1, 0.15) is 5.75 Å². The number of carboxylic acids is 1. The van der Waals surface area contributed by atoms with Gasteiger partial charge in [-0.1, -0.05) is 0 Å². The number of carboxylic acid groups (broad SMARTS) is 1. The van der Waals surface area contributed by atoms with Crippen LogP contribution in [-0.4, -0.2) is 52.8 Å². The highest BCUT2D eigenvalue weighted by Gasteiger charge is 2.34. The Morgan fingerprint density at radius 2 is 2.14 bits per heavy atom. The van der Waals surface area contributed by atoms with Gasteiger partial charge in [0.2, 0.25) is 0 Å². The average Bonchev–Trinajstić information content (AvgIpc) is 3.29. The molecule has 0 spiro atoms. The lowest BCUT2D eigenvalue weighted by atomic mass is 9.81. The Hall–Kier alpha value is -2.48. The lowest BCUT2D eigenvalue weighted by Gasteiger charge is -2.37. The summed E-state index contributed by atoms with van der Waals surface area (Å²) in [5, 5.41) is 24.0. The van der Waals surface area contributed by atoms with Crippen LogP contribution in [0.4, 0.5) is 0 Å². The summed E-state index contributed by atoms with van der Waals surface area (Å²) in [7, 11) is 1.62. The van der Waals surface area contributed by atoms with Gasteiger partial charge in [-0.15, -0.1) is 11.3 Å². The van der Waals surface area contributed by atoms with Crippen LogP contribution in [0.5, 0.6) is 5.75 Å². The maximum Gasteiger partial charge on any atom is 0.308 e. The zero-order valence-corrected chi connectivity index (χ0v) is 21.5. The fourth-order valence-corrected chi connectivity index (χ4v) is 6.22. The Labute approximate surface area is 211 Å². The highest BCUT2D eigenvalue weighted by Crippen LogP contribution is 2.34. The van der Waals surface area contributed by atoms with Crippen LogP contribution in [-0.2, 0) is 11.2 Å². The van der Waals surface area contributed by atoms with Crippen LogP contribution < -0.4 is 4.74 Å². The van der Waals surface area contributed by atoms with E-state index in [2.05, 4.69) is 28.3 Å². The number of aliphatic carboxylic acids is 1. The second kappa shape index (κ2) is 12.0. The van der Waals surface area contributed by atoms with Gasteiger partial charge in [-0.25, -0.2) is 0 Å². The Morgan fingerprint density at radius 3 is 2.89 bits per heavy atom. The summed E-state index contributed by atoms with van der Waals surface area (Å²) >= 11 is 1.83. The van der Waals surface area contributed by atoms with Gasteiger partial charge in [0.15, 0.2) is 0 Å². The molecule has 3 aromatic rings. The van der Waals surface area contributed by atoms with Crippen LogP contribution in [0.1, 0.15) is 54.2 Å². The molecule has 3 heterocycles. The van der Waals surface area contributed by atoms with E-state index in [1.54, 1.807) is 13.3 Å². The molecule has 0 saturated carbocycles. The van der Waals surface area contributed by atoms with Gasteiger partial charge in [-0.3, -0.25) is 9.78 Å². The van der Waals surface area contributed by atoms with E-state index in [9.17, 15) is 15.0 Å². The number of ether oxygens (including phenoxy) is 1. The van der Waals surface area contributed by atoms with E-state index >= 15 is 0 Å².